The van der Waals surface area contributed by atoms with Crippen molar-refractivity contribution in [2.45, 2.75) is 44.8 Å². The highest BCUT2D eigenvalue weighted by atomic mass is 16.6. The number of terminal acetylenes is 1. The van der Waals surface area contributed by atoms with E-state index in [-0.39, 0.29) is 6.10 Å². The van der Waals surface area contributed by atoms with Gasteiger partial charge >= 0.3 is 0 Å². The van der Waals surface area contributed by atoms with E-state index in [4.69, 9.17) is 11.2 Å². The topological polar surface area (TPSA) is 12.5 Å². The first-order valence-electron chi connectivity index (χ1n) is 7.49. The van der Waals surface area contributed by atoms with Crippen LogP contribution in [-0.4, -0.2) is 6.10 Å². The molecule has 2 atom stereocenters. The molecule has 0 aromatic heterocycles. The van der Waals surface area contributed by atoms with Gasteiger partial charge in [0.1, 0.15) is 6.10 Å². The Labute approximate surface area is 121 Å². The summed E-state index contributed by atoms with van der Waals surface area (Å²) in [6, 6.07) is 12.6. The Bertz CT molecular complexity index is 650. The lowest BCUT2D eigenvalue weighted by Gasteiger charge is -2.06. The minimum Gasteiger partial charge on any atom is -0.364 e. The number of hydrogen-bond acceptors (Lipinski definition) is 1. The molecule has 0 spiro atoms. The van der Waals surface area contributed by atoms with E-state index in [0.717, 1.165) is 17.4 Å². The van der Waals surface area contributed by atoms with Crippen molar-refractivity contribution in [1.29, 1.82) is 0 Å². The minimum absolute atomic E-state index is 0.211. The quantitative estimate of drug-likeness (QED) is 0.427. The first-order valence-corrected chi connectivity index (χ1v) is 7.49. The molecule has 1 aliphatic heterocycles. The van der Waals surface area contributed by atoms with Gasteiger partial charge in [-0.05, 0) is 22.8 Å². The lowest BCUT2D eigenvalue weighted by molar-refractivity contribution is 0.361. The van der Waals surface area contributed by atoms with Crippen LogP contribution in [0.15, 0.2) is 36.4 Å². The summed E-state index contributed by atoms with van der Waals surface area (Å²) < 4.78 is 5.85. The van der Waals surface area contributed by atoms with Gasteiger partial charge in [-0.1, -0.05) is 68.5 Å². The number of hydrogen-bond donors (Lipinski definition) is 0. The molecule has 20 heavy (non-hydrogen) atoms. The number of epoxide rings is 1. The summed E-state index contributed by atoms with van der Waals surface area (Å²) in [6.45, 7) is 2.23. The first kappa shape index (κ1) is 13.2. The maximum Gasteiger partial charge on any atom is 0.110 e. The monoisotopic (exact) mass is 264 g/mol. The predicted octanol–water partition coefficient (Wildman–Crippen LogP) is 4.84. The van der Waals surface area contributed by atoms with Crippen molar-refractivity contribution in [2.75, 3.05) is 0 Å². The number of benzene rings is 2. The molecule has 1 heterocycles. The Morgan fingerprint density at radius 3 is 2.80 bits per heavy atom. The van der Waals surface area contributed by atoms with Gasteiger partial charge in [-0.15, -0.1) is 6.42 Å². The molecule has 2 aromatic rings. The number of fused-ring (bicyclic) bond motifs is 1. The van der Waals surface area contributed by atoms with Crippen molar-refractivity contribution in [1.82, 2.24) is 0 Å². The third-order valence-corrected chi connectivity index (χ3v) is 4.09. The average molecular weight is 264 g/mol. The van der Waals surface area contributed by atoms with E-state index in [2.05, 4.69) is 37.1 Å². The minimum atomic E-state index is 0.211. The molecular formula is C19H20O. The van der Waals surface area contributed by atoms with Gasteiger partial charge < -0.3 is 4.74 Å². The van der Waals surface area contributed by atoms with Gasteiger partial charge in [0.05, 0.1) is 6.10 Å². The fraction of sp³-hybridized carbons (Fsp3) is 0.368. The molecule has 0 N–H and O–H groups in total. The van der Waals surface area contributed by atoms with Crippen molar-refractivity contribution in [3.63, 3.8) is 0 Å². The van der Waals surface area contributed by atoms with Crippen LogP contribution in [0.25, 0.3) is 10.8 Å². The van der Waals surface area contributed by atoms with E-state index in [1.807, 2.05) is 12.1 Å². The third kappa shape index (κ3) is 2.44. The maximum atomic E-state index is 5.85. The summed E-state index contributed by atoms with van der Waals surface area (Å²) in [5.74, 6) is 2.87. The largest absolute Gasteiger partial charge is 0.364 e. The Kier molecular flexibility index (Phi) is 3.76. The molecule has 1 nitrogen and oxygen atoms in total. The van der Waals surface area contributed by atoms with Crippen molar-refractivity contribution in [3.05, 3.63) is 47.5 Å². The van der Waals surface area contributed by atoms with E-state index in [0.29, 0.717) is 6.10 Å². The lowest BCUT2D eigenvalue weighted by Crippen LogP contribution is -1.94. The summed E-state index contributed by atoms with van der Waals surface area (Å²) in [5.41, 5.74) is 2.19. The molecule has 0 bridgehead atoms. The first-order chi connectivity index (χ1) is 9.85. The SMILES string of the molecule is C#Cc1c([C@@H]2O[C@H]2CCCCC)ccc2ccccc12. The second kappa shape index (κ2) is 5.69. The Morgan fingerprint density at radius 2 is 2.00 bits per heavy atom. The van der Waals surface area contributed by atoms with Crippen LogP contribution < -0.4 is 0 Å². The van der Waals surface area contributed by atoms with Crippen molar-refractivity contribution in [2.24, 2.45) is 0 Å². The standard InChI is InChI=1S/C19H20O/c1-3-5-6-11-18-19(20-18)17-13-12-14-9-7-8-10-16(14)15(17)4-2/h2,7-10,12-13,18-19H,3,5-6,11H2,1H3/t18-,19-/m0/s1. The molecule has 1 heteroatoms. The summed E-state index contributed by atoms with van der Waals surface area (Å²) in [4.78, 5) is 0. The van der Waals surface area contributed by atoms with Gasteiger partial charge in [-0.25, -0.2) is 0 Å². The zero-order chi connectivity index (χ0) is 13.9. The van der Waals surface area contributed by atoms with Crippen LogP contribution in [-0.2, 0) is 4.74 Å². The molecule has 0 aliphatic carbocycles. The van der Waals surface area contributed by atoms with Crippen LogP contribution in [0.4, 0.5) is 0 Å². The van der Waals surface area contributed by atoms with E-state index in [9.17, 15) is 0 Å². The number of rotatable bonds is 5. The second-order valence-corrected chi connectivity index (χ2v) is 5.49. The zero-order valence-electron chi connectivity index (χ0n) is 11.9. The molecule has 2 aromatic carbocycles. The Hall–Kier alpha value is -1.78. The van der Waals surface area contributed by atoms with Gasteiger partial charge in [-0.3, -0.25) is 0 Å². The highest BCUT2D eigenvalue weighted by Gasteiger charge is 2.40. The van der Waals surface area contributed by atoms with E-state index >= 15 is 0 Å². The van der Waals surface area contributed by atoms with Crippen LogP contribution in [0.1, 0.15) is 49.8 Å². The highest BCUT2D eigenvalue weighted by Crippen LogP contribution is 2.44. The van der Waals surface area contributed by atoms with Gasteiger partial charge in [-0.2, -0.15) is 0 Å². The van der Waals surface area contributed by atoms with Crippen LogP contribution in [0.3, 0.4) is 0 Å². The molecule has 3 rings (SSSR count). The molecule has 1 fully saturated rings. The smallest absolute Gasteiger partial charge is 0.110 e. The zero-order valence-corrected chi connectivity index (χ0v) is 11.9. The number of unbranched alkanes of at least 4 members (excludes halogenated alkanes) is 2. The molecule has 0 amide bonds. The fourth-order valence-electron chi connectivity index (χ4n) is 2.92. The van der Waals surface area contributed by atoms with Crippen LogP contribution in [0.2, 0.25) is 0 Å². The van der Waals surface area contributed by atoms with E-state index < -0.39 is 0 Å². The third-order valence-electron chi connectivity index (χ3n) is 4.09. The summed E-state index contributed by atoms with van der Waals surface area (Å²) in [7, 11) is 0. The van der Waals surface area contributed by atoms with E-state index in [1.54, 1.807) is 0 Å². The Morgan fingerprint density at radius 1 is 1.15 bits per heavy atom. The van der Waals surface area contributed by atoms with E-state index in [1.165, 1.54) is 30.2 Å². The molecule has 1 aliphatic rings. The van der Waals surface area contributed by atoms with Crippen molar-refractivity contribution < 1.29 is 4.74 Å². The molecule has 0 unspecified atom stereocenters. The molecule has 0 radical (unpaired) electrons. The Balaban J connectivity index is 1.85. The maximum absolute atomic E-state index is 5.85. The fourth-order valence-corrected chi connectivity index (χ4v) is 2.92. The average Bonchev–Trinajstić information content (AvgIpc) is 3.25. The van der Waals surface area contributed by atoms with Crippen molar-refractivity contribution >= 4 is 10.8 Å². The second-order valence-electron chi connectivity index (χ2n) is 5.49. The molecular weight excluding hydrogens is 244 g/mol. The number of ether oxygens (including phenoxy) is 1. The highest BCUT2D eigenvalue weighted by molar-refractivity contribution is 5.89. The van der Waals surface area contributed by atoms with Gasteiger partial charge in [0, 0.05) is 5.56 Å². The normalized spacial score (nSPS) is 20.8. The molecule has 102 valence electrons. The summed E-state index contributed by atoms with van der Waals surface area (Å²) >= 11 is 0. The summed E-state index contributed by atoms with van der Waals surface area (Å²) in [6.07, 6.45) is 11.3. The predicted molar refractivity (Wildman–Crippen MR) is 83.6 cm³/mol. The van der Waals surface area contributed by atoms with Crippen LogP contribution in [0.5, 0.6) is 0 Å². The van der Waals surface area contributed by atoms with Crippen molar-refractivity contribution in [3.8, 4) is 12.3 Å². The molecule has 0 saturated carbocycles. The van der Waals surface area contributed by atoms with Crippen LogP contribution >= 0.6 is 0 Å². The molecule has 1 saturated heterocycles. The van der Waals surface area contributed by atoms with Gasteiger partial charge in [0.15, 0.2) is 0 Å². The van der Waals surface area contributed by atoms with Crippen LogP contribution in [0, 0.1) is 12.3 Å². The lowest BCUT2D eigenvalue weighted by atomic mass is 9.95. The summed E-state index contributed by atoms with van der Waals surface area (Å²) in [5, 5.41) is 2.36. The van der Waals surface area contributed by atoms with Gasteiger partial charge in [0.2, 0.25) is 0 Å². The van der Waals surface area contributed by atoms with Gasteiger partial charge in [0.25, 0.3) is 0 Å².